The number of carbonyl (C=O) groups excluding carboxylic acids is 1. The lowest BCUT2D eigenvalue weighted by atomic mass is 10.2. The van der Waals surface area contributed by atoms with Crippen LogP contribution < -0.4 is 5.73 Å². The highest BCUT2D eigenvalue weighted by molar-refractivity contribution is 5.81. The van der Waals surface area contributed by atoms with Crippen molar-refractivity contribution in [2.75, 3.05) is 47.4 Å². The third-order valence-electron chi connectivity index (χ3n) is 2.40. The molecule has 0 rings (SSSR count). The zero-order valence-corrected chi connectivity index (χ0v) is 10.9. The molecule has 1 unspecified atom stereocenters. The summed E-state index contributed by atoms with van der Waals surface area (Å²) in [6.45, 7) is 4.62. The van der Waals surface area contributed by atoms with Crippen LogP contribution in [0.5, 0.6) is 0 Å². The van der Waals surface area contributed by atoms with Crippen LogP contribution in [0.1, 0.15) is 13.3 Å². The Morgan fingerprint density at radius 2 is 1.94 bits per heavy atom. The van der Waals surface area contributed by atoms with Gasteiger partial charge in [0.2, 0.25) is 0 Å². The first-order chi connectivity index (χ1) is 7.56. The van der Waals surface area contributed by atoms with Gasteiger partial charge in [-0.15, -0.1) is 0 Å². The smallest absolute Gasteiger partial charge is 0.253 e. The van der Waals surface area contributed by atoms with Crippen molar-refractivity contribution in [2.45, 2.75) is 19.4 Å². The van der Waals surface area contributed by atoms with Gasteiger partial charge in [-0.3, -0.25) is 4.79 Å². The molecule has 0 aromatic carbocycles. The van der Waals surface area contributed by atoms with Gasteiger partial charge in [-0.2, -0.15) is 0 Å². The van der Waals surface area contributed by atoms with Crippen molar-refractivity contribution in [1.82, 2.24) is 9.80 Å². The maximum atomic E-state index is 12.0. The number of rotatable bonds is 8. The Balaban J connectivity index is 4.32. The number of nitrogens with two attached hydrogens (primary N) is 1. The van der Waals surface area contributed by atoms with E-state index >= 15 is 0 Å². The molecule has 0 spiro atoms. The lowest BCUT2D eigenvalue weighted by molar-refractivity contribution is -0.141. The molecule has 0 saturated heterocycles. The number of hydrogen-bond acceptors (Lipinski definition) is 4. The van der Waals surface area contributed by atoms with E-state index in [1.165, 1.54) is 7.11 Å². The molecule has 0 aliphatic rings. The average molecular weight is 231 g/mol. The molecule has 0 heterocycles. The topological polar surface area (TPSA) is 58.8 Å². The number of ether oxygens (including phenoxy) is 1. The lowest BCUT2D eigenvalue weighted by Crippen LogP contribution is -2.46. The molecule has 5 heteroatoms. The second-order valence-corrected chi connectivity index (χ2v) is 4.09. The summed E-state index contributed by atoms with van der Waals surface area (Å²) in [7, 11) is 5.50. The van der Waals surface area contributed by atoms with Gasteiger partial charge < -0.3 is 20.3 Å². The predicted molar refractivity (Wildman–Crippen MR) is 65.3 cm³/mol. The summed E-state index contributed by atoms with van der Waals surface area (Å²) in [6, 6.07) is 0. The second-order valence-electron chi connectivity index (χ2n) is 4.09. The van der Waals surface area contributed by atoms with Gasteiger partial charge in [0.1, 0.15) is 6.10 Å². The minimum Gasteiger partial charge on any atom is -0.370 e. The SMILES string of the molecule is CCCN(CCN(C)C)C(=O)C(CN)OC. The van der Waals surface area contributed by atoms with E-state index in [1.807, 2.05) is 19.0 Å². The van der Waals surface area contributed by atoms with Crippen LogP contribution in [0.4, 0.5) is 0 Å². The molecule has 16 heavy (non-hydrogen) atoms. The summed E-state index contributed by atoms with van der Waals surface area (Å²) >= 11 is 0. The summed E-state index contributed by atoms with van der Waals surface area (Å²) in [5.74, 6) is -0.00583. The van der Waals surface area contributed by atoms with E-state index in [0.29, 0.717) is 0 Å². The van der Waals surface area contributed by atoms with Gasteiger partial charge in [0.25, 0.3) is 5.91 Å². The molecule has 2 N–H and O–H groups in total. The van der Waals surface area contributed by atoms with E-state index in [-0.39, 0.29) is 12.5 Å². The molecule has 0 aromatic rings. The van der Waals surface area contributed by atoms with Gasteiger partial charge in [-0.25, -0.2) is 0 Å². The molecule has 0 radical (unpaired) electrons. The van der Waals surface area contributed by atoms with Crippen LogP contribution >= 0.6 is 0 Å². The zero-order chi connectivity index (χ0) is 12.6. The number of methoxy groups -OCH3 is 1. The fourth-order valence-corrected chi connectivity index (χ4v) is 1.42. The highest BCUT2D eigenvalue weighted by Gasteiger charge is 2.21. The summed E-state index contributed by atoms with van der Waals surface area (Å²) in [5.41, 5.74) is 5.49. The Morgan fingerprint density at radius 3 is 2.31 bits per heavy atom. The van der Waals surface area contributed by atoms with Gasteiger partial charge in [0.05, 0.1) is 0 Å². The summed E-state index contributed by atoms with van der Waals surface area (Å²) < 4.78 is 5.07. The fourth-order valence-electron chi connectivity index (χ4n) is 1.42. The fraction of sp³-hybridized carbons (Fsp3) is 0.909. The first kappa shape index (κ1) is 15.3. The largest absolute Gasteiger partial charge is 0.370 e. The molecule has 0 bridgehead atoms. The molecular formula is C11H25N3O2. The molecule has 0 fully saturated rings. The number of likely N-dealkylation sites (N-methyl/N-ethyl adjacent to an activating group) is 1. The number of carbonyl (C=O) groups is 1. The monoisotopic (exact) mass is 231 g/mol. The van der Waals surface area contributed by atoms with E-state index in [0.717, 1.165) is 26.1 Å². The van der Waals surface area contributed by atoms with Crippen molar-refractivity contribution in [3.63, 3.8) is 0 Å². The van der Waals surface area contributed by atoms with Crippen LogP contribution in [-0.2, 0) is 9.53 Å². The Bertz CT molecular complexity index is 194. The quantitative estimate of drug-likeness (QED) is 0.626. The molecule has 0 aromatic heterocycles. The number of amides is 1. The van der Waals surface area contributed by atoms with Crippen LogP contribution in [0.15, 0.2) is 0 Å². The third-order valence-corrected chi connectivity index (χ3v) is 2.40. The van der Waals surface area contributed by atoms with Gasteiger partial charge in [0, 0.05) is 33.3 Å². The van der Waals surface area contributed by atoms with Gasteiger partial charge in [-0.05, 0) is 20.5 Å². The van der Waals surface area contributed by atoms with Crippen LogP contribution in [-0.4, -0.2) is 69.2 Å². The molecule has 0 aliphatic carbocycles. The van der Waals surface area contributed by atoms with Crippen LogP contribution in [0.25, 0.3) is 0 Å². The summed E-state index contributed by atoms with van der Waals surface area (Å²) in [6.07, 6.45) is 0.439. The van der Waals surface area contributed by atoms with Crippen molar-refractivity contribution in [3.8, 4) is 0 Å². The van der Waals surface area contributed by atoms with Crippen molar-refractivity contribution in [2.24, 2.45) is 5.73 Å². The van der Waals surface area contributed by atoms with Crippen molar-refractivity contribution in [3.05, 3.63) is 0 Å². The molecule has 96 valence electrons. The number of nitrogens with zero attached hydrogens (tertiary/aromatic N) is 2. The van der Waals surface area contributed by atoms with Crippen molar-refractivity contribution in [1.29, 1.82) is 0 Å². The maximum absolute atomic E-state index is 12.0. The molecule has 5 nitrogen and oxygen atoms in total. The highest BCUT2D eigenvalue weighted by Crippen LogP contribution is 2.00. The van der Waals surface area contributed by atoms with Gasteiger partial charge in [0.15, 0.2) is 0 Å². The van der Waals surface area contributed by atoms with E-state index in [4.69, 9.17) is 10.5 Å². The zero-order valence-electron chi connectivity index (χ0n) is 10.9. The molecule has 0 aliphatic heterocycles. The summed E-state index contributed by atoms with van der Waals surface area (Å²) in [5, 5.41) is 0. The minimum absolute atomic E-state index is 0.00583. The summed E-state index contributed by atoms with van der Waals surface area (Å²) in [4.78, 5) is 15.9. The van der Waals surface area contributed by atoms with E-state index in [2.05, 4.69) is 11.8 Å². The standard InChI is InChI=1S/C11H25N3O2/c1-5-6-14(8-7-13(2)3)11(15)10(9-12)16-4/h10H,5-9,12H2,1-4H3. The Labute approximate surface area is 98.5 Å². The lowest BCUT2D eigenvalue weighted by Gasteiger charge is -2.27. The first-order valence-corrected chi connectivity index (χ1v) is 5.73. The second kappa shape index (κ2) is 8.50. The van der Waals surface area contributed by atoms with Crippen molar-refractivity contribution >= 4 is 5.91 Å². The van der Waals surface area contributed by atoms with E-state index in [1.54, 1.807) is 0 Å². The number of hydrogen-bond donors (Lipinski definition) is 1. The Kier molecular flexibility index (Phi) is 8.15. The highest BCUT2D eigenvalue weighted by atomic mass is 16.5. The molecular weight excluding hydrogens is 206 g/mol. The molecule has 1 amide bonds. The van der Waals surface area contributed by atoms with Crippen molar-refractivity contribution < 1.29 is 9.53 Å². The average Bonchev–Trinajstić information content (AvgIpc) is 2.25. The molecule has 0 saturated carbocycles. The molecule has 1 atom stereocenters. The first-order valence-electron chi connectivity index (χ1n) is 5.73. The van der Waals surface area contributed by atoms with Crippen LogP contribution in [0.3, 0.4) is 0 Å². The van der Waals surface area contributed by atoms with Gasteiger partial charge in [-0.1, -0.05) is 6.92 Å². The third kappa shape index (κ3) is 5.44. The van der Waals surface area contributed by atoms with Crippen LogP contribution in [0, 0.1) is 0 Å². The maximum Gasteiger partial charge on any atom is 0.253 e. The van der Waals surface area contributed by atoms with Gasteiger partial charge >= 0.3 is 0 Å². The van der Waals surface area contributed by atoms with Crippen LogP contribution in [0.2, 0.25) is 0 Å². The normalized spacial score (nSPS) is 12.9. The minimum atomic E-state index is -0.506. The predicted octanol–water partition coefficient (Wildman–Crippen LogP) is -0.240. The Hall–Kier alpha value is -0.650. The van der Waals surface area contributed by atoms with E-state index < -0.39 is 6.10 Å². The van der Waals surface area contributed by atoms with E-state index in [9.17, 15) is 4.79 Å². The Morgan fingerprint density at radius 1 is 1.31 bits per heavy atom.